The summed E-state index contributed by atoms with van der Waals surface area (Å²) in [7, 11) is -1.64. The van der Waals surface area contributed by atoms with Gasteiger partial charge in [-0.2, -0.15) is 0 Å². The fourth-order valence-corrected chi connectivity index (χ4v) is 8.19. The number of esters is 3. The maximum atomic E-state index is 13.8. The van der Waals surface area contributed by atoms with Crippen molar-refractivity contribution in [2.75, 3.05) is 13.7 Å². The molecule has 64 heavy (non-hydrogen) atoms. The van der Waals surface area contributed by atoms with Crippen LogP contribution in [-0.2, 0) is 79.5 Å². The number of methoxy groups -OCH3 is 1. The summed E-state index contributed by atoms with van der Waals surface area (Å²) < 4.78 is 53.7. The average molecular weight is 974 g/mol. The van der Waals surface area contributed by atoms with Crippen molar-refractivity contribution in [2.24, 2.45) is 5.11 Å². The van der Waals surface area contributed by atoms with Gasteiger partial charge >= 0.3 is 17.9 Å². The molecule has 0 unspecified atom stereocenters. The van der Waals surface area contributed by atoms with Crippen molar-refractivity contribution in [3.63, 3.8) is 0 Å². The van der Waals surface area contributed by atoms with Crippen LogP contribution < -0.4 is 5.32 Å². The Morgan fingerprint density at radius 3 is 1.89 bits per heavy atom. The monoisotopic (exact) mass is 972 g/mol. The second-order valence-electron chi connectivity index (χ2n) is 16.7. The number of benzene rings is 2. The summed E-state index contributed by atoms with van der Waals surface area (Å²) in [6, 6.07) is 16.3. The van der Waals surface area contributed by atoms with E-state index < -0.39 is 109 Å². The van der Waals surface area contributed by atoms with E-state index in [0.29, 0.717) is 5.56 Å². The summed E-state index contributed by atoms with van der Waals surface area (Å²) >= 11 is 17.8. The summed E-state index contributed by atoms with van der Waals surface area (Å²) in [4.78, 5) is 68.3. The van der Waals surface area contributed by atoms with Crippen molar-refractivity contribution in [1.29, 1.82) is 0 Å². The lowest BCUT2D eigenvalue weighted by Gasteiger charge is -2.50. The molecule has 0 spiro atoms. The Morgan fingerprint density at radius 2 is 1.39 bits per heavy atom. The fraction of sp³-hybridized carbons (Fsp3) is 0.595. The number of ketones is 1. The normalized spacial score (nSPS) is 26.2. The summed E-state index contributed by atoms with van der Waals surface area (Å²) in [6.07, 6.45) is -14.1. The highest BCUT2D eigenvalue weighted by molar-refractivity contribution is 6.74. The van der Waals surface area contributed by atoms with E-state index in [4.69, 9.17) is 77.1 Å². The molecule has 0 saturated carbocycles. The van der Waals surface area contributed by atoms with Crippen LogP contribution in [0.5, 0.6) is 0 Å². The lowest BCUT2D eigenvalue weighted by molar-refractivity contribution is -0.336. The number of amides is 1. The highest BCUT2D eigenvalue weighted by atomic mass is 35.6. The van der Waals surface area contributed by atoms with Gasteiger partial charge in [0.2, 0.25) is 0 Å². The third kappa shape index (κ3) is 15.1. The second-order valence-corrected chi connectivity index (χ2v) is 23.7. The molecule has 2 aromatic rings. The van der Waals surface area contributed by atoms with Crippen molar-refractivity contribution in [3.8, 4) is 0 Å². The Morgan fingerprint density at radius 1 is 0.812 bits per heavy atom. The lowest BCUT2D eigenvalue weighted by Crippen LogP contribution is -2.68. The van der Waals surface area contributed by atoms with E-state index in [1.165, 1.54) is 6.92 Å². The van der Waals surface area contributed by atoms with Crippen molar-refractivity contribution < 1.29 is 66.3 Å². The number of hydrogen-bond acceptors (Lipinski definition) is 15. The van der Waals surface area contributed by atoms with Crippen LogP contribution in [0, 0.1) is 0 Å². The number of Topliss-reactive ketones (excluding diaryl/α,β-unsaturated/α-hetero) is 1. The summed E-state index contributed by atoms with van der Waals surface area (Å²) in [6.45, 7) is 11.5. The highest BCUT2D eigenvalue weighted by Crippen LogP contribution is 2.42. The molecule has 352 valence electrons. The van der Waals surface area contributed by atoms with E-state index in [-0.39, 0.29) is 31.8 Å². The van der Waals surface area contributed by atoms with Gasteiger partial charge in [-0.1, -0.05) is 121 Å². The van der Waals surface area contributed by atoms with E-state index in [1.54, 1.807) is 30.3 Å². The first-order valence-electron chi connectivity index (χ1n) is 20.3. The molecule has 0 bridgehead atoms. The third-order valence-electron chi connectivity index (χ3n) is 10.8. The zero-order valence-electron chi connectivity index (χ0n) is 36.8. The number of nitrogens with one attached hydrogen (secondary N) is 1. The minimum absolute atomic E-state index is 0.0472. The molecular formula is C42H55Cl3N4O14Si. The van der Waals surface area contributed by atoms with Gasteiger partial charge in [-0.05, 0) is 41.7 Å². The number of carbonyl (C=O) groups is 5. The molecule has 0 radical (unpaired) electrons. The summed E-state index contributed by atoms with van der Waals surface area (Å²) in [5.74, 6) is -3.81. The largest absolute Gasteiger partial charge is 0.467 e. The number of rotatable bonds is 19. The molecule has 18 nitrogen and oxygen atoms in total. The summed E-state index contributed by atoms with van der Waals surface area (Å²) in [5, 5.41) is 5.64. The quantitative estimate of drug-likeness (QED) is 0.0230. The maximum absolute atomic E-state index is 13.8. The van der Waals surface area contributed by atoms with Gasteiger partial charge in [0.05, 0.1) is 32.8 Å². The Bertz CT molecular complexity index is 1950. The SMILES string of the molecule is COC(=O)[C@@H]1O[C@@H](O[C@H]2[C@H](OCc3ccccc3)[C@@H](N=[N+]=[N-])[C@H](C(=O)NC(Cl)(Cl)Cl)O[C@@H]2COC(=O)CCC(C)=O)[C@H](OC(C)=O)[C@@H](OCc2ccccc2)[C@@H]1O[Si](C)(C)C(C)(C)C. The molecule has 2 fully saturated rings. The number of carbonyl (C=O) groups excluding carboxylic acids is 5. The molecule has 0 aromatic heterocycles. The van der Waals surface area contributed by atoms with Crippen LogP contribution in [0.25, 0.3) is 10.4 Å². The van der Waals surface area contributed by atoms with Gasteiger partial charge in [0.15, 0.2) is 26.8 Å². The van der Waals surface area contributed by atoms with E-state index in [2.05, 4.69) is 15.3 Å². The second kappa shape index (κ2) is 23.6. The standard InChI is InChI=1S/C42H55Cl3N4O14Si/c1-24(50)19-20-29(52)56-23-28-31(32(57-21-26-15-11-9-12-16-26)30(48-49-46)33(60-28)38(53)47-42(43,44)45)61-40-37(59-25(2)51)34(58-22-27-17-13-10-14-18-27)35(36(62-40)39(54)55-6)63-64(7,8)41(3,4)5/h9-18,28,30-37,40H,19-23H2,1-8H3,(H,47,53)/t28-,30-,31-,32-,33-,34+,35+,36-,37-,40-/m1/s1. The van der Waals surface area contributed by atoms with Crippen LogP contribution >= 0.6 is 34.8 Å². The van der Waals surface area contributed by atoms with Gasteiger partial charge in [-0.25, -0.2) is 4.79 Å². The van der Waals surface area contributed by atoms with Crippen molar-refractivity contribution in [2.45, 2.75) is 144 Å². The molecule has 1 N–H and O–H groups in total. The smallest absolute Gasteiger partial charge is 0.337 e. The first-order valence-corrected chi connectivity index (χ1v) is 24.4. The molecule has 2 aliphatic rings. The third-order valence-corrected chi connectivity index (χ3v) is 15.5. The molecule has 2 aromatic carbocycles. The summed E-state index contributed by atoms with van der Waals surface area (Å²) in [5.41, 5.74) is 11.2. The Balaban J connectivity index is 1.91. The van der Waals surface area contributed by atoms with Crippen LogP contribution in [-0.4, -0.2) is 117 Å². The molecule has 10 atom stereocenters. The lowest BCUT2D eigenvalue weighted by atomic mass is 9.91. The van der Waals surface area contributed by atoms with Crippen molar-refractivity contribution >= 4 is 72.7 Å². The number of azide groups is 1. The fourth-order valence-electron chi connectivity index (χ4n) is 6.62. The number of alkyl halides is 3. The van der Waals surface area contributed by atoms with Crippen molar-refractivity contribution in [1.82, 2.24) is 5.32 Å². The molecule has 2 heterocycles. The maximum Gasteiger partial charge on any atom is 0.337 e. The average Bonchev–Trinajstić information content (AvgIpc) is 3.21. The number of hydrogen-bond donors (Lipinski definition) is 1. The van der Waals surface area contributed by atoms with Crippen LogP contribution in [0.1, 0.15) is 58.6 Å². The molecule has 1 amide bonds. The van der Waals surface area contributed by atoms with E-state index in [0.717, 1.165) is 19.6 Å². The minimum atomic E-state index is -2.80. The van der Waals surface area contributed by atoms with Crippen molar-refractivity contribution in [3.05, 3.63) is 82.2 Å². The van der Waals surface area contributed by atoms with Gasteiger partial charge in [-0.3, -0.25) is 14.4 Å². The zero-order chi connectivity index (χ0) is 47.4. The molecule has 2 aliphatic heterocycles. The Hall–Kier alpha value is -3.85. The number of ether oxygens (including phenoxy) is 8. The van der Waals surface area contributed by atoms with Crippen LogP contribution in [0.3, 0.4) is 0 Å². The predicted octanol–water partition coefficient (Wildman–Crippen LogP) is 6.57. The Labute approximate surface area is 387 Å². The van der Waals surface area contributed by atoms with Gasteiger partial charge < -0.3 is 52.4 Å². The van der Waals surface area contributed by atoms with Crippen LogP contribution in [0.4, 0.5) is 0 Å². The molecule has 0 aliphatic carbocycles. The van der Waals surface area contributed by atoms with E-state index >= 15 is 0 Å². The first-order chi connectivity index (χ1) is 30.0. The molecule has 2 saturated heterocycles. The molecular weight excluding hydrogens is 919 g/mol. The van der Waals surface area contributed by atoms with Gasteiger partial charge in [0, 0.05) is 18.3 Å². The minimum Gasteiger partial charge on any atom is -0.467 e. The topological polar surface area (TPSA) is 229 Å². The predicted molar refractivity (Wildman–Crippen MR) is 234 cm³/mol. The molecule has 4 rings (SSSR count). The highest BCUT2D eigenvalue weighted by Gasteiger charge is 2.58. The first kappa shape index (κ1) is 52.8. The van der Waals surface area contributed by atoms with Crippen LogP contribution in [0.2, 0.25) is 18.1 Å². The Kier molecular flexibility index (Phi) is 19.4. The van der Waals surface area contributed by atoms with Gasteiger partial charge in [0.25, 0.3) is 9.82 Å². The van der Waals surface area contributed by atoms with Gasteiger partial charge in [0.1, 0.15) is 49.0 Å². The van der Waals surface area contributed by atoms with Gasteiger partial charge in [-0.15, -0.1) is 0 Å². The zero-order valence-corrected chi connectivity index (χ0v) is 40.0. The number of halogens is 3. The van der Waals surface area contributed by atoms with Crippen LogP contribution in [0.15, 0.2) is 65.8 Å². The number of nitrogens with zero attached hydrogens (tertiary/aromatic N) is 3. The van der Waals surface area contributed by atoms with E-state index in [1.807, 2.05) is 64.2 Å². The molecule has 22 heteroatoms. The van der Waals surface area contributed by atoms with E-state index in [9.17, 15) is 29.5 Å².